The van der Waals surface area contributed by atoms with Gasteiger partial charge in [-0.3, -0.25) is 5.43 Å². The minimum Gasteiger partial charge on any atom is -0.494 e. The van der Waals surface area contributed by atoms with E-state index in [1.54, 1.807) is 11.3 Å². The molecule has 0 radical (unpaired) electrons. The smallest absolute Gasteiger partial charge is 0.164 e. The molecule has 0 amide bonds. The molecule has 1 aromatic heterocycles. The third kappa shape index (κ3) is 3.36. The van der Waals surface area contributed by atoms with E-state index in [2.05, 4.69) is 10.5 Å². The summed E-state index contributed by atoms with van der Waals surface area (Å²) in [6.07, 6.45) is 0. The summed E-state index contributed by atoms with van der Waals surface area (Å²) >= 11 is 7.66. The van der Waals surface area contributed by atoms with Crippen LogP contribution in [0.25, 0.3) is 0 Å². The average molecular weight is 382 g/mol. The van der Waals surface area contributed by atoms with Gasteiger partial charge in [0.2, 0.25) is 0 Å². The molecular formula is C20H16ClN3OS. The van der Waals surface area contributed by atoms with E-state index in [0.29, 0.717) is 11.6 Å². The van der Waals surface area contributed by atoms with E-state index in [0.717, 1.165) is 39.0 Å². The quantitative estimate of drug-likeness (QED) is 0.672. The number of nitrogens with one attached hydrogen (secondary N) is 1. The number of nitrogens with zero attached hydrogens (tertiary/aromatic N) is 2. The van der Waals surface area contributed by atoms with Gasteiger partial charge in [0.25, 0.3) is 0 Å². The topological polar surface area (TPSA) is 46.0 Å². The predicted octanol–water partition coefficient (Wildman–Crippen LogP) is 5.23. The van der Waals surface area contributed by atoms with Crippen molar-refractivity contribution < 1.29 is 4.74 Å². The second kappa shape index (κ2) is 7.32. The second-order valence-electron chi connectivity index (χ2n) is 5.63. The SMILES string of the molecule is CCOc1ccc2c(c1)C(c1ccc(Cl)cc1)=NNC(c1cccs1)=N2. The van der Waals surface area contributed by atoms with Crippen LogP contribution in [0.2, 0.25) is 5.02 Å². The molecule has 26 heavy (non-hydrogen) atoms. The average Bonchev–Trinajstić information content (AvgIpc) is 3.12. The van der Waals surface area contributed by atoms with Crippen molar-refractivity contribution in [3.63, 3.8) is 0 Å². The normalized spacial score (nSPS) is 13.2. The zero-order valence-electron chi connectivity index (χ0n) is 14.1. The molecule has 6 heteroatoms. The number of ether oxygens (including phenoxy) is 1. The molecule has 1 aliphatic rings. The molecule has 1 aliphatic heterocycles. The number of amidine groups is 1. The Morgan fingerprint density at radius 3 is 2.69 bits per heavy atom. The standard InChI is InChI=1S/C20H16ClN3OS/c1-2-25-15-9-10-17-16(12-15)19(13-5-7-14(21)8-6-13)23-24-20(22-17)18-4-3-11-26-18/h3-12H,2H2,1H3,(H,22,24). The molecule has 0 atom stereocenters. The van der Waals surface area contributed by atoms with Crippen LogP contribution >= 0.6 is 22.9 Å². The number of rotatable bonds is 4. The number of aliphatic imine (C=N–C) groups is 1. The van der Waals surface area contributed by atoms with Crippen LogP contribution < -0.4 is 10.2 Å². The van der Waals surface area contributed by atoms with E-state index in [4.69, 9.17) is 21.3 Å². The molecule has 0 fully saturated rings. The van der Waals surface area contributed by atoms with Crippen LogP contribution in [0.5, 0.6) is 5.75 Å². The monoisotopic (exact) mass is 381 g/mol. The van der Waals surface area contributed by atoms with Crippen molar-refractivity contribution in [3.05, 3.63) is 81.0 Å². The lowest BCUT2D eigenvalue weighted by atomic mass is 10.0. The Kier molecular flexibility index (Phi) is 4.73. The van der Waals surface area contributed by atoms with E-state index < -0.39 is 0 Å². The summed E-state index contributed by atoms with van der Waals surface area (Å²) in [6, 6.07) is 17.5. The molecule has 0 aliphatic carbocycles. The Morgan fingerprint density at radius 1 is 1.12 bits per heavy atom. The Bertz CT molecular complexity index is 979. The third-order valence-electron chi connectivity index (χ3n) is 3.91. The number of hydrazone groups is 1. The van der Waals surface area contributed by atoms with E-state index >= 15 is 0 Å². The minimum atomic E-state index is 0.605. The van der Waals surface area contributed by atoms with Crippen LogP contribution in [0.15, 0.2) is 70.1 Å². The highest BCUT2D eigenvalue weighted by molar-refractivity contribution is 7.12. The number of fused-ring (bicyclic) bond motifs is 1. The van der Waals surface area contributed by atoms with Crippen LogP contribution in [-0.2, 0) is 0 Å². The maximum atomic E-state index is 6.04. The molecule has 130 valence electrons. The molecule has 0 unspecified atom stereocenters. The summed E-state index contributed by atoms with van der Waals surface area (Å²) in [7, 11) is 0. The van der Waals surface area contributed by atoms with Crippen LogP contribution in [0.1, 0.15) is 22.9 Å². The lowest BCUT2D eigenvalue weighted by molar-refractivity contribution is 0.340. The first kappa shape index (κ1) is 16.8. The summed E-state index contributed by atoms with van der Waals surface area (Å²) in [6.45, 7) is 2.57. The summed E-state index contributed by atoms with van der Waals surface area (Å²) in [5.74, 6) is 1.53. The Hall–Kier alpha value is -2.63. The lowest BCUT2D eigenvalue weighted by Crippen LogP contribution is -2.18. The van der Waals surface area contributed by atoms with Crippen molar-refractivity contribution >= 4 is 40.2 Å². The van der Waals surface area contributed by atoms with Gasteiger partial charge in [-0.25, -0.2) is 4.99 Å². The fourth-order valence-corrected chi connectivity index (χ4v) is 3.51. The second-order valence-corrected chi connectivity index (χ2v) is 7.01. The minimum absolute atomic E-state index is 0.605. The van der Waals surface area contributed by atoms with Crippen molar-refractivity contribution in [2.45, 2.75) is 6.92 Å². The van der Waals surface area contributed by atoms with Gasteiger partial charge in [0.05, 0.1) is 17.2 Å². The molecule has 2 heterocycles. The Balaban J connectivity index is 1.86. The van der Waals surface area contributed by atoms with Gasteiger partial charge in [-0.2, -0.15) is 5.10 Å². The maximum absolute atomic E-state index is 6.04. The van der Waals surface area contributed by atoms with Crippen molar-refractivity contribution in [2.24, 2.45) is 10.1 Å². The van der Waals surface area contributed by atoms with Gasteiger partial charge in [0.1, 0.15) is 11.5 Å². The van der Waals surface area contributed by atoms with Gasteiger partial charge in [-0.1, -0.05) is 29.8 Å². The first-order chi connectivity index (χ1) is 12.7. The van der Waals surface area contributed by atoms with E-state index in [-0.39, 0.29) is 0 Å². The van der Waals surface area contributed by atoms with Crippen LogP contribution in [0.4, 0.5) is 5.69 Å². The number of thiophene rings is 1. The third-order valence-corrected chi connectivity index (χ3v) is 5.04. The summed E-state index contributed by atoms with van der Waals surface area (Å²) in [5.41, 5.74) is 6.63. The molecule has 2 aromatic carbocycles. The molecule has 1 N–H and O–H groups in total. The molecule has 4 rings (SSSR count). The van der Waals surface area contributed by atoms with Crippen molar-refractivity contribution in [1.29, 1.82) is 0 Å². The molecule has 0 saturated heterocycles. The van der Waals surface area contributed by atoms with Gasteiger partial charge in [-0.15, -0.1) is 11.3 Å². The number of hydrogen-bond acceptors (Lipinski definition) is 5. The Morgan fingerprint density at radius 2 is 1.96 bits per heavy atom. The molecule has 0 saturated carbocycles. The molecule has 0 spiro atoms. The van der Waals surface area contributed by atoms with Gasteiger partial charge in [0, 0.05) is 16.1 Å². The Labute approximate surface area is 160 Å². The van der Waals surface area contributed by atoms with Gasteiger partial charge >= 0.3 is 0 Å². The van der Waals surface area contributed by atoms with Crippen LogP contribution in [-0.4, -0.2) is 18.2 Å². The van der Waals surface area contributed by atoms with Crippen molar-refractivity contribution in [2.75, 3.05) is 6.61 Å². The number of halogens is 1. The fraction of sp³-hybridized carbons (Fsp3) is 0.100. The zero-order chi connectivity index (χ0) is 17.9. The highest BCUT2D eigenvalue weighted by Crippen LogP contribution is 2.30. The van der Waals surface area contributed by atoms with Crippen molar-refractivity contribution in [3.8, 4) is 5.75 Å². The lowest BCUT2D eigenvalue weighted by Gasteiger charge is -2.10. The molecule has 3 aromatic rings. The maximum Gasteiger partial charge on any atom is 0.164 e. The largest absolute Gasteiger partial charge is 0.494 e. The summed E-state index contributed by atoms with van der Waals surface area (Å²) in [5, 5.41) is 7.36. The van der Waals surface area contributed by atoms with Gasteiger partial charge < -0.3 is 4.74 Å². The highest BCUT2D eigenvalue weighted by atomic mass is 35.5. The predicted molar refractivity (Wildman–Crippen MR) is 108 cm³/mol. The van der Waals surface area contributed by atoms with Gasteiger partial charge in [-0.05, 0) is 48.7 Å². The van der Waals surface area contributed by atoms with E-state index in [1.165, 1.54) is 0 Å². The van der Waals surface area contributed by atoms with Gasteiger partial charge in [0.15, 0.2) is 5.84 Å². The number of hydrogen-bond donors (Lipinski definition) is 1. The van der Waals surface area contributed by atoms with Crippen LogP contribution in [0, 0.1) is 0 Å². The molecule has 4 nitrogen and oxygen atoms in total. The van der Waals surface area contributed by atoms with Crippen molar-refractivity contribution in [1.82, 2.24) is 5.43 Å². The summed E-state index contributed by atoms with van der Waals surface area (Å²) in [4.78, 5) is 5.83. The van der Waals surface area contributed by atoms with Crippen LogP contribution in [0.3, 0.4) is 0 Å². The van der Waals surface area contributed by atoms with E-state index in [1.807, 2.05) is 66.9 Å². The highest BCUT2D eigenvalue weighted by Gasteiger charge is 2.18. The molecule has 0 bridgehead atoms. The zero-order valence-corrected chi connectivity index (χ0v) is 15.6. The molecular weight excluding hydrogens is 366 g/mol. The fourth-order valence-electron chi connectivity index (χ4n) is 2.72. The first-order valence-corrected chi connectivity index (χ1v) is 9.50. The number of benzene rings is 2. The first-order valence-electron chi connectivity index (χ1n) is 8.24. The summed E-state index contributed by atoms with van der Waals surface area (Å²) < 4.78 is 5.67. The van der Waals surface area contributed by atoms with E-state index in [9.17, 15) is 0 Å².